The van der Waals surface area contributed by atoms with Gasteiger partial charge in [-0.25, -0.2) is 4.39 Å². The first-order valence-electron chi connectivity index (χ1n) is 6.08. The van der Waals surface area contributed by atoms with Gasteiger partial charge in [-0.1, -0.05) is 12.1 Å². The first-order valence-corrected chi connectivity index (χ1v) is 6.88. The van der Waals surface area contributed by atoms with E-state index in [4.69, 9.17) is 5.73 Å². The molecule has 2 aromatic rings. The average Bonchev–Trinajstić information content (AvgIpc) is 2.34. The lowest BCUT2D eigenvalue weighted by molar-refractivity contribution is 0.457. The summed E-state index contributed by atoms with van der Waals surface area (Å²) in [5, 5.41) is 0. The van der Waals surface area contributed by atoms with Crippen LogP contribution in [0.2, 0.25) is 0 Å². The number of aromatic nitrogens is 1. The lowest BCUT2D eigenvalue weighted by atomic mass is 9.89. The molecule has 1 aromatic carbocycles. The van der Waals surface area contributed by atoms with Gasteiger partial charge in [0.15, 0.2) is 0 Å². The molecule has 0 saturated heterocycles. The predicted octanol–water partition coefficient (Wildman–Crippen LogP) is 3.49. The van der Waals surface area contributed by atoms with Gasteiger partial charge < -0.3 is 5.73 Å². The van der Waals surface area contributed by atoms with Crippen LogP contribution in [0.3, 0.4) is 0 Å². The molecule has 2 N–H and O–H groups in total. The molecule has 0 fully saturated rings. The second-order valence-electron chi connectivity index (χ2n) is 5.10. The molecule has 1 aromatic heterocycles. The summed E-state index contributed by atoms with van der Waals surface area (Å²) in [6.07, 6.45) is 3.13. The topological polar surface area (TPSA) is 38.9 Å². The van der Waals surface area contributed by atoms with Crippen molar-refractivity contribution in [2.75, 3.05) is 0 Å². The highest BCUT2D eigenvalue weighted by Crippen LogP contribution is 2.17. The zero-order chi connectivity index (χ0) is 13.9. The van der Waals surface area contributed by atoms with Gasteiger partial charge in [0.25, 0.3) is 0 Å². The van der Waals surface area contributed by atoms with Crippen LogP contribution in [0.25, 0.3) is 0 Å². The SMILES string of the molecule is CC(N)(Cc1ccc(F)cc1)Cc1ccc(Br)cn1. The number of pyridine rings is 1. The Kier molecular flexibility index (Phi) is 4.32. The number of nitrogens with two attached hydrogens (primary N) is 1. The largest absolute Gasteiger partial charge is 0.325 e. The minimum absolute atomic E-state index is 0.225. The standard InChI is InChI=1S/C15H16BrFN2/c1-15(18,8-11-2-5-13(17)6-3-11)9-14-7-4-12(16)10-19-14/h2-7,10H,8-9,18H2,1H3. The molecule has 1 unspecified atom stereocenters. The number of hydrogen-bond donors (Lipinski definition) is 1. The first kappa shape index (κ1) is 14.2. The number of hydrogen-bond acceptors (Lipinski definition) is 2. The molecule has 0 aliphatic heterocycles. The van der Waals surface area contributed by atoms with Crippen molar-refractivity contribution >= 4 is 15.9 Å². The van der Waals surface area contributed by atoms with Crippen molar-refractivity contribution in [3.05, 3.63) is 64.1 Å². The van der Waals surface area contributed by atoms with Crippen molar-refractivity contribution in [1.29, 1.82) is 0 Å². The fourth-order valence-corrected chi connectivity index (χ4v) is 2.29. The van der Waals surface area contributed by atoms with E-state index in [-0.39, 0.29) is 5.82 Å². The Morgan fingerprint density at radius 1 is 1.16 bits per heavy atom. The van der Waals surface area contributed by atoms with Crippen LogP contribution >= 0.6 is 15.9 Å². The summed E-state index contributed by atoms with van der Waals surface area (Å²) >= 11 is 3.36. The van der Waals surface area contributed by atoms with E-state index >= 15 is 0 Å². The van der Waals surface area contributed by atoms with Crippen LogP contribution < -0.4 is 5.73 Å². The van der Waals surface area contributed by atoms with Crippen molar-refractivity contribution in [3.8, 4) is 0 Å². The van der Waals surface area contributed by atoms with Crippen molar-refractivity contribution in [3.63, 3.8) is 0 Å². The number of benzene rings is 1. The quantitative estimate of drug-likeness (QED) is 0.935. The second-order valence-corrected chi connectivity index (χ2v) is 6.02. The third kappa shape index (κ3) is 4.40. The Morgan fingerprint density at radius 3 is 2.42 bits per heavy atom. The maximum Gasteiger partial charge on any atom is 0.123 e. The van der Waals surface area contributed by atoms with E-state index in [1.54, 1.807) is 18.3 Å². The van der Waals surface area contributed by atoms with Gasteiger partial charge in [0.1, 0.15) is 5.82 Å². The maximum atomic E-state index is 12.9. The van der Waals surface area contributed by atoms with Gasteiger partial charge in [-0.15, -0.1) is 0 Å². The Hall–Kier alpha value is -1.26. The molecule has 2 rings (SSSR count). The molecule has 100 valence electrons. The predicted molar refractivity (Wildman–Crippen MR) is 78.3 cm³/mol. The molecular formula is C15H16BrFN2. The Balaban J connectivity index is 2.05. The molecule has 0 saturated carbocycles. The summed E-state index contributed by atoms with van der Waals surface area (Å²) in [7, 11) is 0. The van der Waals surface area contributed by atoms with Gasteiger partial charge in [-0.2, -0.15) is 0 Å². The van der Waals surface area contributed by atoms with E-state index in [0.717, 1.165) is 15.7 Å². The lowest BCUT2D eigenvalue weighted by Gasteiger charge is -2.24. The molecule has 0 bridgehead atoms. The van der Waals surface area contributed by atoms with E-state index in [0.29, 0.717) is 12.8 Å². The molecule has 1 heterocycles. The third-order valence-electron chi connectivity index (χ3n) is 2.89. The van der Waals surface area contributed by atoms with E-state index in [1.165, 1.54) is 12.1 Å². The van der Waals surface area contributed by atoms with E-state index in [9.17, 15) is 4.39 Å². The van der Waals surface area contributed by atoms with Gasteiger partial charge >= 0.3 is 0 Å². The molecule has 0 aliphatic rings. The van der Waals surface area contributed by atoms with Crippen LogP contribution in [0, 0.1) is 5.82 Å². The van der Waals surface area contributed by atoms with Crippen molar-refractivity contribution in [1.82, 2.24) is 4.98 Å². The summed E-state index contributed by atoms with van der Waals surface area (Å²) < 4.78 is 13.8. The molecule has 2 nitrogen and oxygen atoms in total. The second kappa shape index (κ2) is 5.80. The zero-order valence-corrected chi connectivity index (χ0v) is 12.3. The minimum atomic E-state index is -0.404. The van der Waals surface area contributed by atoms with E-state index in [2.05, 4.69) is 20.9 Å². The molecule has 19 heavy (non-hydrogen) atoms. The highest BCUT2D eigenvalue weighted by Gasteiger charge is 2.20. The number of rotatable bonds is 4. The highest BCUT2D eigenvalue weighted by atomic mass is 79.9. The average molecular weight is 323 g/mol. The fourth-order valence-electron chi connectivity index (χ4n) is 2.06. The van der Waals surface area contributed by atoms with Crippen LogP contribution in [-0.2, 0) is 12.8 Å². The van der Waals surface area contributed by atoms with Crippen LogP contribution in [0.15, 0.2) is 47.1 Å². The maximum absolute atomic E-state index is 12.9. The van der Waals surface area contributed by atoms with Crippen LogP contribution in [0.5, 0.6) is 0 Å². The molecule has 0 aliphatic carbocycles. The summed E-state index contributed by atoms with van der Waals surface area (Å²) in [6, 6.07) is 10.4. The first-order chi connectivity index (χ1) is 8.94. The van der Waals surface area contributed by atoms with Crippen molar-refractivity contribution in [2.45, 2.75) is 25.3 Å². The molecule has 4 heteroatoms. The van der Waals surface area contributed by atoms with Crippen molar-refractivity contribution in [2.24, 2.45) is 5.73 Å². The summed E-state index contributed by atoms with van der Waals surface area (Å²) in [4.78, 5) is 4.33. The van der Waals surface area contributed by atoms with Gasteiger partial charge in [0, 0.05) is 28.3 Å². The molecule has 0 radical (unpaired) electrons. The molecular weight excluding hydrogens is 307 g/mol. The highest BCUT2D eigenvalue weighted by molar-refractivity contribution is 9.10. The summed E-state index contributed by atoms with van der Waals surface area (Å²) in [5.41, 5.74) is 7.89. The van der Waals surface area contributed by atoms with E-state index < -0.39 is 5.54 Å². The van der Waals surface area contributed by atoms with Gasteiger partial charge in [-0.3, -0.25) is 4.98 Å². The summed E-state index contributed by atoms with van der Waals surface area (Å²) in [6.45, 7) is 1.99. The van der Waals surface area contributed by atoms with E-state index in [1.807, 2.05) is 19.1 Å². The Labute approximate surface area is 121 Å². The van der Waals surface area contributed by atoms with Crippen LogP contribution in [-0.4, -0.2) is 10.5 Å². The molecule has 0 amide bonds. The van der Waals surface area contributed by atoms with Crippen molar-refractivity contribution < 1.29 is 4.39 Å². The Morgan fingerprint density at radius 2 is 1.84 bits per heavy atom. The van der Waals surface area contributed by atoms with Crippen LogP contribution in [0.4, 0.5) is 4.39 Å². The third-order valence-corrected chi connectivity index (χ3v) is 3.36. The Bertz CT molecular complexity index is 486. The normalized spacial score (nSPS) is 14.1. The van der Waals surface area contributed by atoms with Crippen LogP contribution in [0.1, 0.15) is 18.2 Å². The van der Waals surface area contributed by atoms with Gasteiger partial charge in [-0.05, 0) is 59.1 Å². The molecule has 0 spiro atoms. The summed E-state index contributed by atoms with van der Waals surface area (Å²) in [5.74, 6) is -0.225. The smallest absolute Gasteiger partial charge is 0.123 e. The minimum Gasteiger partial charge on any atom is -0.325 e. The number of halogens is 2. The fraction of sp³-hybridized carbons (Fsp3) is 0.267. The lowest BCUT2D eigenvalue weighted by Crippen LogP contribution is -2.41. The van der Waals surface area contributed by atoms with Gasteiger partial charge in [0.2, 0.25) is 0 Å². The molecule has 1 atom stereocenters. The van der Waals surface area contributed by atoms with Gasteiger partial charge in [0.05, 0.1) is 0 Å². The monoisotopic (exact) mass is 322 g/mol. The number of nitrogens with zero attached hydrogens (tertiary/aromatic N) is 1. The zero-order valence-electron chi connectivity index (χ0n) is 10.7.